The van der Waals surface area contributed by atoms with Crippen molar-refractivity contribution in [1.82, 2.24) is 10.6 Å². The number of benzene rings is 1. The molecule has 136 valence electrons. The van der Waals surface area contributed by atoms with Gasteiger partial charge in [0.25, 0.3) is 0 Å². The van der Waals surface area contributed by atoms with Crippen LogP contribution in [-0.4, -0.2) is 43.5 Å². The van der Waals surface area contributed by atoms with Crippen LogP contribution in [0.1, 0.15) is 31.2 Å². The minimum atomic E-state index is -3.21. The first-order valence-corrected chi connectivity index (χ1v) is 10.2. The van der Waals surface area contributed by atoms with E-state index in [-0.39, 0.29) is 42.9 Å². The molecule has 1 aromatic rings. The maximum Gasteiger partial charge on any atom is 0.315 e. The Kier molecular flexibility index (Phi) is 5.27. The first-order valence-electron chi connectivity index (χ1n) is 8.44. The van der Waals surface area contributed by atoms with Crippen LogP contribution >= 0.6 is 0 Å². The molecule has 0 unspecified atom stereocenters. The van der Waals surface area contributed by atoms with Crippen LogP contribution in [0, 0.1) is 0 Å². The lowest BCUT2D eigenvalue weighted by molar-refractivity contribution is -0.145. The predicted octanol–water partition coefficient (Wildman–Crippen LogP) is 1.14. The van der Waals surface area contributed by atoms with Crippen molar-refractivity contribution in [3.05, 3.63) is 35.9 Å². The lowest BCUT2D eigenvalue weighted by atomic mass is 10.0. The van der Waals surface area contributed by atoms with E-state index in [0.717, 1.165) is 5.56 Å². The van der Waals surface area contributed by atoms with E-state index < -0.39 is 15.1 Å². The quantitative estimate of drug-likeness (QED) is 0.428. The summed E-state index contributed by atoms with van der Waals surface area (Å²) in [6.45, 7) is 0.248. The molecule has 7 nitrogen and oxygen atoms in total. The van der Waals surface area contributed by atoms with E-state index in [1.54, 1.807) is 0 Å². The van der Waals surface area contributed by atoms with Crippen molar-refractivity contribution in [3.63, 3.8) is 0 Å². The molecule has 8 heteroatoms. The minimum absolute atomic E-state index is 0.0137. The van der Waals surface area contributed by atoms with Crippen LogP contribution in [-0.2, 0) is 26.0 Å². The number of nitrogens with one attached hydrogen (secondary N) is 2. The molecular formula is C17H22N2O5S. The summed E-state index contributed by atoms with van der Waals surface area (Å²) in [6.07, 6.45) is 1.87. The Morgan fingerprint density at radius 1 is 1.16 bits per heavy atom. The normalized spacial score (nSPS) is 26.6. The average molecular weight is 366 g/mol. The third-order valence-electron chi connectivity index (χ3n) is 4.68. The van der Waals surface area contributed by atoms with Gasteiger partial charge < -0.3 is 15.4 Å². The number of amides is 2. The first kappa shape index (κ1) is 17.7. The van der Waals surface area contributed by atoms with Crippen molar-refractivity contribution in [1.29, 1.82) is 0 Å². The zero-order valence-electron chi connectivity index (χ0n) is 13.8. The number of carbonyl (C=O) groups excluding carboxylic acids is 2. The van der Waals surface area contributed by atoms with Gasteiger partial charge in [-0.1, -0.05) is 36.8 Å². The summed E-state index contributed by atoms with van der Waals surface area (Å²) in [6, 6.07) is 8.44. The fraction of sp³-hybridized carbons (Fsp3) is 0.529. The van der Waals surface area contributed by atoms with Gasteiger partial charge in [-0.05, 0) is 18.4 Å². The number of carbonyl (C=O) groups is 2. The summed E-state index contributed by atoms with van der Waals surface area (Å²) in [5, 5.41) is 4.76. The number of esters is 1. The Hall–Kier alpha value is -2.09. The maximum atomic E-state index is 12.2. The fourth-order valence-electron chi connectivity index (χ4n) is 3.43. The van der Waals surface area contributed by atoms with Gasteiger partial charge in [-0.3, -0.25) is 4.79 Å². The highest BCUT2D eigenvalue weighted by Crippen LogP contribution is 2.28. The Balaban J connectivity index is 1.39. The van der Waals surface area contributed by atoms with Gasteiger partial charge in [0.2, 0.25) is 0 Å². The molecule has 0 saturated carbocycles. The molecule has 1 aromatic carbocycles. The largest absolute Gasteiger partial charge is 0.461 e. The molecule has 0 radical (unpaired) electrons. The van der Waals surface area contributed by atoms with Gasteiger partial charge in [0.15, 0.2) is 9.84 Å². The van der Waals surface area contributed by atoms with E-state index in [0.29, 0.717) is 19.3 Å². The average Bonchev–Trinajstić information content (AvgIpc) is 3.02. The van der Waals surface area contributed by atoms with Gasteiger partial charge in [0, 0.05) is 6.42 Å². The highest BCUT2D eigenvalue weighted by atomic mass is 32.2. The van der Waals surface area contributed by atoms with Crippen LogP contribution < -0.4 is 10.6 Å². The molecule has 0 aliphatic carbocycles. The van der Waals surface area contributed by atoms with Crippen molar-refractivity contribution in [2.24, 2.45) is 0 Å². The Bertz CT molecular complexity index is 735. The van der Waals surface area contributed by atoms with Gasteiger partial charge in [0.05, 0.1) is 23.1 Å². The molecular weight excluding hydrogens is 344 g/mol. The molecule has 0 bridgehead atoms. The van der Waals surface area contributed by atoms with Crippen LogP contribution in [0.15, 0.2) is 30.3 Å². The Morgan fingerprint density at radius 3 is 2.68 bits per heavy atom. The lowest BCUT2D eigenvalue weighted by Gasteiger charge is -2.16. The monoisotopic (exact) mass is 366 g/mol. The lowest BCUT2D eigenvalue weighted by Crippen LogP contribution is -2.39. The van der Waals surface area contributed by atoms with Crippen molar-refractivity contribution >= 4 is 21.8 Å². The van der Waals surface area contributed by atoms with Gasteiger partial charge >= 0.3 is 12.0 Å². The topological polar surface area (TPSA) is 102 Å². The number of rotatable bonds is 7. The van der Waals surface area contributed by atoms with Crippen LogP contribution in [0.4, 0.5) is 4.79 Å². The summed E-state index contributed by atoms with van der Waals surface area (Å²) in [7, 11) is -3.21. The van der Waals surface area contributed by atoms with Gasteiger partial charge in [-0.2, -0.15) is 0 Å². The molecule has 2 N–H and O–H groups in total. The van der Waals surface area contributed by atoms with Crippen molar-refractivity contribution in [2.75, 3.05) is 5.75 Å². The molecule has 3 rings (SSSR count). The molecule has 0 spiro atoms. The molecule has 2 fully saturated rings. The number of fused-ring (bicyclic) bond motifs is 1. The highest BCUT2D eigenvalue weighted by molar-refractivity contribution is 7.92. The van der Waals surface area contributed by atoms with Gasteiger partial charge in [-0.25, -0.2) is 13.2 Å². The highest BCUT2D eigenvalue weighted by Gasteiger charge is 2.51. The predicted molar refractivity (Wildman–Crippen MR) is 91.5 cm³/mol. The standard InChI is InChI=1S/C17H22N2O5S/c20-15(24-10-12-6-2-1-3-7-12)9-5-4-8-14-16-13(11-25(14,22)23)18-17(21)19-16/h1-3,6-7,13-14,16H,4-5,8-11H2,(H2,18,19,21)/t13-,14+,16-/m1/s1. The third kappa shape index (κ3) is 4.31. The molecule has 2 amide bonds. The summed E-state index contributed by atoms with van der Waals surface area (Å²) >= 11 is 0. The van der Waals surface area contributed by atoms with E-state index >= 15 is 0 Å². The van der Waals surface area contributed by atoms with Crippen LogP contribution in [0.2, 0.25) is 0 Å². The van der Waals surface area contributed by atoms with E-state index in [1.807, 2.05) is 30.3 Å². The molecule has 25 heavy (non-hydrogen) atoms. The molecule has 2 saturated heterocycles. The van der Waals surface area contributed by atoms with Crippen molar-refractivity contribution in [3.8, 4) is 0 Å². The third-order valence-corrected chi connectivity index (χ3v) is 6.96. The van der Waals surface area contributed by atoms with E-state index in [2.05, 4.69) is 10.6 Å². The second kappa shape index (κ2) is 7.43. The minimum Gasteiger partial charge on any atom is -0.461 e. The smallest absolute Gasteiger partial charge is 0.315 e. The second-order valence-electron chi connectivity index (χ2n) is 6.51. The summed E-state index contributed by atoms with van der Waals surface area (Å²) in [4.78, 5) is 23.1. The van der Waals surface area contributed by atoms with Gasteiger partial charge in [-0.15, -0.1) is 0 Å². The summed E-state index contributed by atoms with van der Waals surface area (Å²) in [5.41, 5.74) is 0.934. The number of hydrogen-bond acceptors (Lipinski definition) is 5. The van der Waals surface area contributed by atoms with Gasteiger partial charge in [0.1, 0.15) is 6.61 Å². The first-order chi connectivity index (χ1) is 12.0. The van der Waals surface area contributed by atoms with Crippen molar-refractivity contribution < 1.29 is 22.7 Å². The number of hydrogen-bond donors (Lipinski definition) is 2. The summed E-state index contributed by atoms with van der Waals surface area (Å²) < 4.78 is 29.6. The molecule has 2 aliphatic heterocycles. The molecule has 2 aliphatic rings. The zero-order valence-corrected chi connectivity index (χ0v) is 14.6. The van der Waals surface area contributed by atoms with E-state index in [1.165, 1.54) is 0 Å². The molecule has 3 atom stereocenters. The fourth-order valence-corrected chi connectivity index (χ4v) is 5.70. The number of unbranched alkanes of at least 4 members (excludes halogenated alkanes) is 1. The van der Waals surface area contributed by atoms with Crippen molar-refractivity contribution in [2.45, 2.75) is 49.6 Å². The number of urea groups is 1. The molecule has 2 heterocycles. The summed E-state index contributed by atoms with van der Waals surface area (Å²) in [5.74, 6) is -0.299. The van der Waals surface area contributed by atoms with Crippen LogP contribution in [0.5, 0.6) is 0 Å². The van der Waals surface area contributed by atoms with E-state index in [9.17, 15) is 18.0 Å². The van der Waals surface area contributed by atoms with Crippen LogP contribution in [0.25, 0.3) is 0 Å². The molecule has 0 aromatic heterocycles. The Morgan fingerprint density at radius 2 is 1.92 bits per heavy atom. The van der Waals surface area contributed by atoms with E-state index in [4.69, 9.17) is 4.74 Å². The SMILES string of the molecule is O=C1N[C@@H]2[C@@H](CS(=O)(=O)[C@H]2CCCCC(=O)OCc2ccccc2)N1. The Labute approximate surface area is 147 Å². The number of ether oxygens (including phenoxy) is 1. The maximum absolute atomic E-state index is 12.2. The zero-order chi connectivity index (χ0) is 17.9. The number of sulfone groups is 1. The second-order valence-corrected chi connectivity index (χ2v) is 8.77. The van der Waals surface area contributed by atoms with Crippen LogP contribution in [0.3, 0.4) is 0 Å².